The van der Waals surface area contributed by atoms with Crippen molar-refractivity contribution in [3.05, 3.63) is 34.3 Å². The second-order valence-corrected chi connectivity index (χ2v) is 5.41. The van der Waals surface area contributed by atoms with Crippen LogP contribution in [0.3, 0.4) is 0 Å². The Morgan fingerprint density at radius 2 is 2.11 bits per heavy atom. The average Bonchev–Trinajstić information content (AvgIpc) is 2.32. The topological polar surface area (TPSA) is 32.3 Å². The van der Waals surface area contributed by atoms with E-state index in [9.17, 15) is 4.79 Å². The normalized spacial score (nSPS) is 19.2. The lowest BCUT2D eigenvalue weighted by Gasteiger charge is -2.32. The van der Waals surface area contributed by atoms with Gasteiger partial charge in [0.2, 0.25) is 5.91 Å². The molecule has 3 nitrogen and oxygen atoms in total. The van der Waals surface area contributed by atoms with Gasteiger partial charge in [-0.15, -0.1) is 12.4 Å². The van der Waals surface area contributed by atoms with E-state index >= 15 is 0 Å². The van der Waals surface area contributed by atoms with Gasteiger partial charge in [0.25, 0.3) is 0 Å². The third kappa shape index (κ3) is 4.26. The van der Waals surface area contributed by atoms with Crippen molar-refractivity contribution < 1.29 is 4.79 Å². The van der Waals surface area contributed by atoms with E-state index in [2.05, 4.69) is 28.2 Å². The quantitative estimate of drug-likeness (QED) is 0.900. The first-order valence-corrected chi connectivity index (χ1v) is 6.70. The minimum absolute atomic E-state index is 0. The Balaban J connectivity index is 0.00000162. The summed E-state index contributed by atoms with van der Waals surface area (Å²) >= 11 is 3.39. The number of nitrogens with zero attached hydrogens (tertiary/aromatic N) is 1. The van der Waals surface area contributed by atoms with Crippen LogP contribution in [0.1, 0.15) is 12.5 Å². The smallest absolute Gasteiger partial charge is 0.227 e. The van der Waals surface area contributed by atoms with Crippen molar-refractivity contribution in [2.45, 2.75) is 19.4 Å². The first-order chi connectivity index (χ1) is 8.15. The van der Waals surface area contributed by atoms with E-state index in [-0.39, 0.29) is 18.3 Å². The van der Waals surface area contributed by atoms with Crippen molar-refractivity contribution in [3.8, 4) is 0 Å². The fourth-order valence-electron chi connectivity index (χ4n) is 2.05. The number of nitrogens with one attached hydrogen (secondary N) is 1. The predicted octanol–water partition coefficient (Wildman–Crippen LogP) is 2.23. The Morgan fingerprint density at radius 3 is 2.72 bits per heavy atom. The molecule has 0 aliphatic carbocycles. The molecule has 0 unspecified atom stereocenters. The fraction of sp³-hybridized carbons (Fsp3) is 0.462. The molecule has 1 amide bonds. The van der Waals surface area contributed by atoms with E-state index < -0.39 is 0 Å². The van der Waals surface area contributed by atoms with Gasteiger partial charge in [-0.1, -0.05) is 28.1 Å². The summed E-state index contributed by atoms with van der Waals surface area (Å²) in [5.41, 5.74) is 1.07. The summed E-state index contributed by atoms with van der Waals surface area (Å²) in [4.78, 5) is 14.0. The van der Waals surface area contributed by atoms with E-state index in [1.807, 2.05) is 29.2 Å². The molecule has 1 fully saturated rings. The molecule has 0 aromatic heterocycles. The summed E-state index contributed by atoms with van der Waals surface area (Å²) in [5, 5.41) is 3.34. The molecule has 18 heavy (non-hydrogen) atoms. The summed E-state index contributed by atoms with van der Waals surface area (Å²) in [6.07, 6.45) is 0.500. The summed E-state index contributed by atoms with van der Waals surface area (Å²) in [6.45, 7) is 4.64. The third-order valence-electron chi connectivity index (χ3n) is 2.99. The molecule has 0 spiro atoms. The molecule has 1 heterocycles. The third-order valence-corrected chi connectivity index (χ3v) is 3.52. The maximum absolute atomic E-state index is 12.1. The SMILES string of the molecule is C[C@H]1CN(C(=O)Cc2ccc(Br)cc2)CCN1.Cl. The minimum atomic E-state index is 0. The zero-order valence-electron chi connectivity index (χ0n) is 10.4. The number of amides is 1. The van der Waals surface area contributed by atoms with Crippen LogP contribution in [0.2, 0.25) is 0 Å². The zero-order valence-corrected chi connectivity index (χ0v) is 12.8. The number of benzene rings is 1. The molecule has 0 radical (unpaired) electrons. The van der Waals surface area contributed by atoms with Crippen LogP contribution in [-0.4, -0.2) is 36.5 Å². The van der Waals surface area contributed by atoms with Crippen LogP contribution in [0.5, 0.6) is 0 Å². The number of hydrogen-bond donors (Lipinski definition) is 1. The van der Waals surface area contributed by atoms with Gasteiger partial charge in [-0.25, -0.2) is 0 Å². The molecule has 1 saturated heterocycles. The lowest BCUT2D eigenvalue weighted by atomic mass is 10.1. The standard InChI is InChI=1S/C13H17BrN2O.ClH/c1-10-9-16(7-6-15-10)13(17)8-11-2-4-12(14)5-3-11;/h2-5,10,15H,6-9H2,1H3;1H/t10-;/m0./s1. The number of rotatable bonds is 2. The van der Waals surface area contributed by atoms with Gasteiger partial charge in [0.05, 0.1) is 6.42 Å². The molecule has 1 aromatic carbocycles. The Morgan fingerprint density at radius 1 is 1.44 bits per heavy atom. The van der Waals surface area contributed by atoms with Crippen molar-refractivity contribution in [2.75, 3.05) is 19.6 Å². The van der Waals surface area contributed by atoms with Crippen LogP contribution in [0.25, 0.3) is 0 Å². The van der Waals surface area contributed by atoms with E-state index in [0.29, 0.717) is 12.5 Å². The molecule has 1 aliphatic heterocycles. The largest absolute Gasteiger partial charge is 0.340 e. The van der Waals surface area contributed by atoms with Gasteiger partial charge in [-0.3, -0.25) is 4.79 Å². The monoisotopic (exact) mass is 332 g/mol. The first kappa shape index (κ1) is 15.5. The summed E-state index contributed by atoms with van der Waals surface area (Å²) in [6, 6.07) is 8.34. The van der Waals surface area contributed by atoms with E-state index in [0.717, 1.165) is 29.7 Å². The highest BCUT2D eigenvalue weighted by Gasteiger charge is 2.20. The minimum Gasteiger partial charge on any atom is -0.340 e. The van der Waals surface area contributed by atoms with Crippen LogP contribution in [0, 0.1) is 0 Å². The van der Waals surface area contributed by atoms with Gasteiger partial charge < -0.3 is 10.2 Å². The predicted molar refractivity (Wildman–Crippen MR) is 79.1 cm³/mol. The van der Waals surface area contributed by atoms with Crippen molar-refractivity contribution in [1.82, 2.24) is 10.2 Å². The van der Waals surface area contributed by atoms with Crippen LogP contribution in [-0.2, 0) is 11.2 Å². The molecule has 1 N–H and O–H groups in total. The second-order valence-electron chi connectivity index (χ2n) is 4.50. The summed E-state index contributed by atoms with van der Waals surface area (Å²) in [7, 11) is 0. The van der Waals surface area contributed by atoms with Crippen molar-refractivity contribution in [3.63, 3.8) is 0 Å². The van der Waals surface area contributed by atoms with Gasteiger partial charge in [-0.05, 0) is 24.6 Å². The van der Waals surface area contributed by atoms with Crippen molar-refractivity contribution >= 4 is 34.2 Å². The molecule has 1 aliphatic rings. The van der Waals surface area contributed by atoms with Gasteiger partial charge in [0.15, 0.2) is 0 Å². The maximum atomic E-state index is 12.1. The zero-order chi connectivity index (χ0) is 12.3. The lowest BCUT2D eigenvalue weighted by molar-refractivity contribution is -0.131. The highest BCUT2D eigenvalue weighted by Crippen LogP contribution is 2.12. The highest BCUT2D eigenvalue weighted by atomic mass is 79.9. The molecule has 0 saturated carbocycles. The molecule has 100 valence electrons. The molecule has 2 rings (SSSR count). The van der Waals surface area contributed by atoms with Crippen molar-refractivity contribution in [1.29, 1.82) is 0 Å². The number of carbonyl (C=O) groups is 1. The summed E-state index contributed by atoms with van der Waals surface area (Å²) in [5.74, 6) is 0.223. The van der Waals surface area contributed by atoms with Gasteiger partial charge in [-0.2, -0.15) is 0 Å². The number of halogens is 2. The molecule has 1 aromatic rings. The van der Waals surface area contributed by atoms with Gasteiger partial charge in [0, 0.05) is 30.1 Å². The van der Waals surface area contributed by atoms with Crippen LogP contribution in [0.15, 0.2) is 28.7 Å². The lowest BCUT2D eigenvalue weighted by Crippen LogP contribution is -2.51. The molecular weight excluding hydrogens is 316 g/mol. The first-order valence-electron chi connectivity index (χ1n) is 5.91. The second kappa shape index (κ2) is 7.12. The van der Waals surface area contributed by atoms with Gasteiger partial charge in [0.1, 0.15) is 0 Å². The molecule has 5 heteroatoms. The Kier molecular flexibility index (Phi) is 6.12. The van der Waals surface area contributed by atoms with Gasteiger partial charge >= 0.3 is 0 Å². The van der Waals surface area contributed by atoms with Crippen LogP contribution < -0.4 is 5.32 Å². The van der Waals surface area contributed by atoms with E-state index in [4.69, 9.17) is 0 Å². The Bertz CT molecular complexity index is 396. The number of carbonyl (C=O) groups excluding carboxylic acids is 1. The highest BCUT2D eigenvalue weighted by molar-refractivity contribution is 9.10. The molecule has 0 bridgehead atoms. The molecular formula is C13H18BrClN2O. The molecule has 1 atom stereocenters. The Hall–Kier alpha value is -0.580. The fourth-order valence-corrected chi connectivity index (χ4v) is 2.31. The van der Waals surface area contributed by atoms with E-state index in [1.54, 1.807) is 0 Å². The maximum Gasteiger partial charge on any atom is 0.227 e. The van der Waals surface area contributed by atoms with Crippen LogP contribution >= 0.6 is 28.3 Å². The summed E-state index contributed by atoms with van der Waals surface area (Å²) < 4.78 is 1.05. The van der Waals surface area contributed by atoms with Crippen LogP contribution in [0.4, 0.5) is 0 Å². The number of piperazine rings is 1. The van der Waals surface area contributed by atoms with Crippen molar-refractivity contribution in [2.24, 2.45) is 0 Å². The average molecular weight is 334 g/mol. The number of hydrogen-bond acceptors (Lipinski definition) is 2. The Labute approximate surface area is 122 Å². The van der Waals surface area contributed by atoms with E-state index in [1.165, 1.54) is 0 Å².